The zero-order valence-electron chi connectivity index (χ0n) is 15.1. The highest BCUT2D eigenvalue weighted by Crippen LogP contribution is 2.61. The minimum Gasteiger partial charge on any atom is -0.455 e. The lowest BCUT2D eigenvalue weighted by Gasteiger charge is -2.58. The number of amides is 1. The van der Waals surface area contributed by atoms with Gasteiger partial charge in [-0.2, -0.15) is 0 Å². The molecule has 0 aromatic carbocycles. The van der Waals surface area contributed by atoms with Crippen LogP contribution >= 0.6 is 0 Å². The number of hydrogen-bond donors (Lipinski definition) is 1. The minimum atomic E-state index is -3.07. The number of hydrogen-bond acceptors (Lipinski definition) is 6. The summed E-state index contributed by atoms with van der Waals surface area (Å²) in [6, 6.07) is -0.341. The summed E-state index contributed by atoms with van der Waals surface area (Å²) in [5.74, 6) is 0.0738. The summed E-state index contributed by atoms with van der Waals surface area (Å²) < 4.78 is 28.5. The molecular weight excluding hydrogens is 358 g/mol. The van der Waals surface area contributed by atoms with Crippen LogP contribution in [0.15, 0.2) is 0 Å². The number of rotatable bonds is 4. The van der Waals surface area contributed by atoms with Crippen molar-refractivity contribution in [1.29, 1.82) is 0 Å². The quantitative estimate of drug-likeness (QED) is 0.708. The normalized spacial score (nSPS) is 42.6. The number of sulfone groups is 1. The van der Waals surface area contributed by atoms with E-state index in [2.05, 4.69) is 0 Å². The molecule has 7 nitrogen and oxygen atoms in total. The Balaban J connectivity index is 1.36. The number of carbonyl (C=O) groups excluding carboxylic acids is 2. The molecule has 8 heteroatoms. The molecule has 26 heavy (non-hydrogen) atoms. The topological polar surface area (TPSA) is 101 Å². The maximum atomic E-state index is 12.8. The van der Waals surface area contributed by atoms with Gasteiger partial charge >= 0.3 is 5.97 Å². The summed E-state index contributed by atoms with van der Waals surface area (Å²) >= 11 is 0. The fraction of sp³-hybridized carbons (Fsp3) is 0.889. The Morgan fingerprint density at radius 3 is 2.38 bits per heavy atom. The smallest absolute Gasteiger partial charge is 0.312 e. The van der Waals surface area contributed by atoms with E-state index in [0.717, 1.165) is 32.1 Å². The minimum absolute atomic E-state index is 0.0243. The van der Waals surface area contributed by atoms with Gasteiger partial charge in [0, 0.05) is 13.1 Å². The van der Waals surface area contributed by atoms with Gasteiger partial charge in [-0.3, -0.25) is 9.59 Å². The van der Waals surface area contributed by atoms with Gasteiger partial charge in [0.05, 0.1) is 22.5 Å². The first-order chi connectivity index (χ1) is 12.1. The summed E-state index contributed by atoms with van der Waals surface area (Å²) in [4.78, 5) is 26.5. The SMILES string of the molecule is CN(C(=O)COC(=O)C12C[C@H]3C[C@@H](CC(O)(C3)C1)C2)[C@@H]1CCS(=O)(=O)C1. The number of ether oxygens (including phenoxy) is 1. The third-order valence-corrected chi connectivity index (χ3v) is 8.69. The zero-order valence-corrected chi connectivity index (χ0v) is 16.0. The highest BCUT2D eigenvalue weighted by molar-refractivity contribution is 7.91. The van der Waals surface area contributed by atoms with E-state index in [4.69, 9.17) is 4.74 Å². The summed E-state index contributed by atoms with van der Waals surface area (Å²) in [6.07, 6.45) is 4.99. The molecule has 1 heterocycles. The van der Waals surface area contributed by atoms with Crippen molar-refractivity contribution >= 4 is 21.7 Å². The second-order valence-corrected chi connectivity index (χ2v) is 11.3. The van der Waals surface area contributed by atoms with E-state index < -0.39 is 20.9 Å². The van der Waals surface area contributed by atoms with E-state index in [9.17, 15) is 23.1 Å². The second-order valence-electron chi connectivity index (χ2n) is 9.10. The summed E-state index contributed by atoms with van der Waals surface area (Å²) in [6.45, 7) is -0.360. The predicted octanol–water partition coefficient (Wildman–Crippen LogP) is 0.506. The molecule has 146 valence electrons. The molecule has 1 amide bonds. The molecule has 3 atom stereocenters. The van der Waals surface area contributed by atoms with E-state index in [1.807, 2.05) is 0 Å². The Labute approximate surface area is 154 Å². The van der Waals surface area contributed by atoms with Crippen LogP contribution in [0.3, 0.4) is 0 Å². The predicted molar refractivity (Wildman–Crippen MR) is 92.9 cm³/mol. The molecule has 5 aliphatic rings. The summed E-state index contributed by atoms with van der Waals surface area (Å²) in [7, 11) is -1.51. The molecule has 5 fully saturated rings. The molecule has 1 aliphatic heterocycles. The molecule has 4 bridgehead atoms. The highest BCUT2D eigenvalue weighted by atomic mass is 32.2. The van der Waals surface area contributed by atoms with Crippen LogP contribution in [0, 0.1) is 17.3 Å². The molecule has 0 radical (unpaired) electrons. The number of likely N-dealkylation sites (N-methyl/N-ethyl adjacent to an activating group) is 1. The number of nitrogens with zero attached hydrogens (tertiary/aromatic N) is 1. The van der Waals surface area contributed by atoms with Crippen LogP contribution in [0.4, 0.5) is 0 Å². The fourth-order valence-corrected chi connectivity index (χ4v) is 7.89. The first-order valence-corrected chi connectivity index (χ1v) is 11.3. The number of aliphatic hydroxyl groups is 1. The van der Waals surface area contributed by atoms with Gasteiger partial charge < -0.3 is 14.7 Å². The summed E-state index contributed by atoms with van der Waals surface area (Å²) in [5.41, 5.74) is -1.39. The molecule has 0 unspecified atom stereocenters. The van der Waals surface area contributed by atoms with Crippen molar-refractivity contribution in [2.75, 3.05) is 25.2 Å². The first-order valence-electron chi connectivity index (χ1n) is 9.46. The van der Waals surface area contributed by atoms with Gasteiger partial charge in [0.2, 0.25) is 0 Å². The third-order valence-electron chi connectivity index (χ3n) is 6.94. The lowest BCUT2D eigenvalue weighted by Crippen LogP contribution is -2.58. The van der Waals surface area contributed by atoms with Crippen LogP contribution in [-0.4, -0.2) is 67.1 Å². The lowest BCUT2D eigenvalue weighted by molar-refractivity contribution is -0.197. The van der Waals surface area contributed by atoms with Crippen molar-refractivity contribution in [3.63, 3.8) is 0 Å². The number of esters is 1. The van der Waals surface area contributed by atoms with Crippen LogP contribution in [0.2, 0.25) is 0 Å². The van der Waals surface area contributed by atoms with Crippen molar-refractivity contribution in [3.05, 3.63) is 0 Å². The molecule has 1 saturated heterocycles. The molecule has 1 N–H and O–H groups in total. The van der Waals surface area contributed by atoms with Crippen LogP contribution in [-0.2, 0) is 24.2 Å². The van der Waals surface area contributed by atoms with Gasteiger partial charge in [-0.05, 0) is 56.8 Å². The van der Waals surface area contributed by atoms with E-state index in [1.54, 1.807) is 7.05 Å². The van der Waals surface area contributed by atoms with E-state index >= 15 is 0 Å². The Bertz CT molecular complexity index is 718. The van der Waals surface area contributed by atoms with Gasteiger partial charge in [-0.25, -0.2) is 8.42 Å². The Kier molecular flexibility index (Phi) is 4.15. The Hall–Kier alpha value is -1.15. The third kappa shape index (κ3) is 3.15. The molecule has 0 spiro atoms. The molecule has 4 aliphatic carbocycles. The highest BCUT2D eigenvalue weighted by Gasteiger charge is 2.61. The maximum Gasteiger partial charge on any atom is 0.312 e. The van der Waals surface area contributed by atoms with Crippen molar-refractivity contribution in [1.82, 2.24) is 4.90 Å². The monoisotopic (exact) mass is 385 g/mol. The van der Waals surface area contributed by atoms with Crippen LogP contribution in [0.5, 0.6) is 0 Å². The van der Waals surface area contributed by atoms with E-state index in [0.29, 0.717) is 24.7 Å². The first kappa shape index (κ1) is 18.2. The molecule has 0 aromatic rings. The zero-order chi connectivity index (χ0) is 18.7. The molecule has 4 saturated carbocycles. The van der Waals surface area contributed by atoms with Crippen LogP contribution < -0.4 is 0 Å². The van der Waals surface area contributed by atoms with Crippen molar-refractivity contribution in [3.8, 4) is 0 Å². The van der Waals surface area contributed by atoms with Crippen molar-refractivity contribution in [2.45, 2.75) is 56.6 Å². The molecule has 0 aromatic heterocycles. The molecule has 5 rings (SSSR count). The van der Waals surface area contributed by atoms with Crippen molar-refractivity contribution in [2.24, 2.45) is 17.3 Å². The van der Waals surface area contributed by atoms with E-state index in [1.165, 1.54) is 4.90 Å². The van der Waals surface area contributed by atoms with E-state index in [-0.39, 0.29) is 36.0 Å². The van der Waals surface area contributed by atoms with Crippen molar-refractivity contribution < 1.29 is 27.9 Å². The summed E-state index contributed by atoms with van der Waals surface area (Å²) in [5, 5.41) is 10.7. The standard InChI is InChI=1S/C18H27NO6S/c1-19(14-2-3-26(23,24)10-14)15(20)9-25-16(21)17-5-12-4-13(6-17)8-18(22,7-12)11-17/h12-14,22H,2-11H2,1H3/t12-,13-,14-,17?,18?/m1/s1. The second kappa shape index (κ2) is 5.92. The van der Waals surface area contributed by atoms with Gasteiger partial charge in [-0.15, -0.1) is 0 Å². The maximum absolute atomic E-state index is 12.8. The van der Waals surface area contributed by atoms with Gasteiger partial charge in [-0.1, -0.05) is 0 Å². The molecular formula is C18H27NO6S. The Morgan fingerprint density at radius 1 is 1.19 bits per heavy atom. The fourth-order valence-electron chi connectivity index (χ4n) is 6.12. The van der Waals surface area contributed by atoms with Gasteiger partial charge in [0.15, 0.2) is 16.4 Å². The largest absolute Gasteiger partial charge is 0.455 e. The Morgan fingerprint density at radius 2 is 1.85 bits per heavy atom. The average molecular weight is 385 g/mol. The van der Waals surface area contributed by atoms with Crippen LogP contribution in [0.25, 0.3) is 0 Å². The lowest BCUT2D eigenvalue weighted by atomic mass is 9.48. The number of carbonyl (C=O) groups is 2. The van der Waals surface area contributed by atoms with Gasteiger partial charge in [0.25, 0.3) is 5.91 Å². The van der Waals surface area contributed by atoms with Crippen LogP contribution in [0.1, 0.15) is 44.9 Å². The van der Waals surface area contributed by atoms with Gasteiger partial charge in [0.1, 0.15) is 0 Å². The average Bonchev–Trinajstić information content (AvgIpc) is 2.89.